The van der Waals surface area contributed by atoms with Crippen LogP contribution in [0.1, 0.15) is 40.5 Å². The zero-order chi connectivity index (χ0) is 17.4. The van der Waals surface area contributed by atoms with E-state index >= 15 is 0 Å². The van der Waals surface area contributed by atoms with Crippen molar-refractivity contribution in [1.82, 2.24) is 15.1 Å². The number of aromatic nitrogens is 2. The van der Waals surface area contributed by atoms with Crippen molar-refractivity contribution in [1.29, 1.82) is 0 Å². The minimum Gasteiger partial charge on any atom is -0.333 e. The maximum Gasteiger partial charge on any atom is 0.275 e. The van der Waals surface area contributed by atoms with Gasteiger partial charge in [-0.15, -0.1) is 0 Å². The fourth-order valence-corrected chi connectivity index (χ4v) is 3.72. The van der Waals surface area contributed by atoms with Crippen molar-refractivity contribution >= 4 is 16.7 Å². The Balaban J connectivity index is 1.76. The van der Waals surface area contributed by atoms with E-state index in [-0.39, 0.29) is 17.5 Å². The molecule has 0 spiro atoms. The van der Waals surface area contributed by atoms with E-state index in [1.165, 1.54) is 11.1 Å². The molecule has 1 N–H and O–H groups in total. The number of nitrogens with one attached hydrogen (secondary N) is 1. The molecule has 126 valence electrons. The third-order valence-corrected chi connectivity index (χ3v) is 5.02. The fourth-order valence-electron chi connectivity index (χ4n) is 3.72. The minimum absolute atomic E-state index is 0.0324. The summed E-state index contributed by atoms with van der Waals surface area (Å²) in [5.41, 5.74) is 2.52. The van der Waals surface area contributed by atoms with E-state index in [9.17, 15) is 9.59 Å². The van der Waals surface area contributed by atoms with E-state index in [1.54, 1.807) is 23.1 Å². The number of H-pyrrole nitrogens is 1. The lowest BCUT2D eigenvalue weighted by Crippen LogP contribution is -2.34. The van der Waals surface area contributed by atoms with Gasteiger partial charge in [0.05, 0.1) is 11.4 Å². The average molecular weight is 333 g/mol. The number of rotatable bonds is 2. The predicted octanol–water partition coefficient (Wildman–Crippen LogP) is 3.07. The maximum atomic E-state index is 13.1. The van der Waals surface area contributed by atoms with Crippen LogP contribution in [0.15, 0.2) is 53.3 Å². The summed E-state index contributed by atoms with van der Waals surface area (Å²) < 4.78 is 0. The fraction of sp³-hybridized carbons (Fsp3) is 0.250. The van der Waals surface area contributed by atoms with Crippen molar-refractivity contribution in [2.45, 2.75) is 25.3 Å². The molecule has 0 bridgehead atoms. The number of fused-ring (bicyclic) bond motifs is 2. The van der Waals surface area contributed by atoms with Gasteiger partial charge in [-0.25, -0.2) is 5.10 Å². The molecule has 0 aliphatic heterocycles. The van der Waals surface area contributed by atoms with Gasteiger partial charge in [0.1, 0.15) is 0 Å². The largest absolute Gasteiger partial charge is 0.333 e. The van der Waals surface area contributed by atoms with Crippen molar-refractivity contribution in [2.24, 2.45) is 0 Å². The normalized spacial score (nSPS) is 16.4. The van der Waals surface area contributed by atoms with Crippen LogP contribution in [-0.2, 0) is 6.42 Å². The molecule has 1 aromatic heterocycles. The van der Waals surface area contributed by atoms with Crippen molar-refractivity contribution in [2.75, 3.05) is 7.05 Å². The van der Waals surface area contributed by atoms with Crippen LogP contribution in [0, 0.1) is 0 Å². The van der Waals surface area contributed by atoms with Crippen LogP contribution in [-0.4, -0.2) is 28.1 Å². The molecule has 0 fully saturated rings. The van der Waals surface area contributed by atoms with E-state index in [1.807, 2.05) is 25.2 Å². The first-order valence-corrected chi connectivity index (χ1v) is 8.49. The molecule has 1 heterocycles. The summed E-state index contributed by atoms with van der Waals surface area (Å²) in [6.45, 7) is 0. The molecule has 4 rings (SSSR count). The van der Waals surface area contributed by atoms with Gasteiger partial charge in [0.15, 0.2) is 5.69 Å². The van der Waals surface area contributed by atoms with Crippen molar-refractivity contribution < 1.29 is 4.79 Å². The monoisotopic (exact) mass is 333 g/mol. The van der Waals surface area contributed by atoms with E-state index < -0.39 is 0 Å². The van der Waals surface area contributed by atoms with Crippen LogP contribution in [0.25, 0.3) is 10.8 Å². The van der Waals surface area contributed by atoms with Gasteiger partial charge in [-0.1, -0.05) is 42.5 Å². The lowest BCUT2D eigenvalue weighted by molar-refractivity contribution is 0.0710. The van der Waals surface area contributed by atoms with Gasteiger partial charge in [-0.3, -0.25) is 9.59 Å². The smallest absolute Gasteiger partial charge is 0.275 e. The minimum atomic E-state index is -0.280. The molecule has 0 unspecified atom stereocenters. The van der Waals surface area contributed by atoms with Crippen molar-refractivity contribution in [3.8, 4) is 0 Å². The molecule has 0 saturated heterocycles. The SMILES string of the molecule is CN(C(=O)c1n[nH]c(=O)c2ccccc12)[C@H]1CCCc2ccccc21. The van der Waals surface area contributed by atoms with Crippen LogP contribution in [0.5, 0.6) is 0 Å². The van der Waals surface area contributed by atoms with E-state index in [2.05, 4.69) is 22.3 Å². The Morgan fingerprint density at radius 2 is 1.84 bits per heavy atom. The van der Waals surface area contributed by atoms with Gasteiger partial charge in [-0.2, -0.15) is 5.10 Å². The first-order chi connectivity index (χ1) is 12.2. The highest BCUT2D eigenvalue weighted by Gasteiger charge is 2.28. The second-order valence-corrected chi connectivity index (χ2v) is 6.47. The molecular weight excluding hydrogens is 314 g/mol. The van der Waals surface area contributed by atoms with Crippen LogP contribution in [0.2, 0.25) is 0 Å². The first kappa shape index (κ1) is 15.6. The Hall–Kier alpha value is -2.95. The second kappa shape index (κ2) is 6.16. The summed E-state index contributed by atoms with van der Waals surface area (Å²) in [6.07, 6.45) is 3.04. The Labute approximate surface area is 145 Å². The lowest BCUT2D eigenvalue weighted by Gasteiger charge is -2.33. The van der Waals surface area contributed by atoms with E-state index in [0.29, 0.717) is 16.5 Å². The summed E-state index contributed by atoms with van der Waals surface area (Å²) in [6, 6.07) is 15.4. The number of carbonyl (C=O) groups excluding carboxylic acids is 1. The highest BCUT2D eigenvalue weighted by atomic mass is 16.2. The van der Waals surface area contributed by atoms with Gasteiger partial charge in [-0.05, 0) is 36.5 Å². The highest BCUT2D eigenvalue weighted by molar-refractivity contribution is 6.04. The highest BCUT2D eigenvalue weighted by Crippen LogP contribution is 2.34. The number of aryl methyl sites for hydroxylation is 1. The molecule has 1 aliphatic rings. The summed E-state index contributed by atoms with van der Waals surface area (Å²) >= 11 is 0. The van der Waals surface area contributed by atoms with Crippen LogP contribution >= 0.6 is 0 Å². The molecular formula is C20H19N3O2. The third kappa shape index (κ3) is 2.61. The number of carbonyl (C=O) groups is 1. The third-order valence-electron chi connectivity index (χ3n) is 5.02. The van der Waals surface area contributed by atoms with Crippen molar-refractivity contribution in [3.05, 3.63) is 75.7 Å². The number of hydrogen-bond donors (Lipinski definition) is 1. The van der Waals surface area contributed by atoms with E-state index in [4.69, 9.17) is 0 Å². The number of benzene rings is 2. The predicted molar refractivity (Wildman–Crippen MR) is 96.6 cm³/mol. The lowest BCUT2D eigenvalue weighted by atomic mass is 9.87. The van der Waals surface area contributed by atoms with Crippen LogP contribution in [0.3, 0.4) is 0 Å². The topological polar surface area (TPSA) is 66.1 Å². The molecule has 1 aliphatic carbocycles. The molecule has 5 nitrogen and oxygen atoms in total. The van der Waals surface area contributed by atoms with E-state index in [0.717, 1.165) is 19.3 Å². The summed E-state index contributed by atoms with van der Waals surface area (Å²) in [5, 5.41) is 7.57. The molecule has 2 aromatic carbocycles. The average Bonchev–Trinajstić information content (AvgIpc) is 2.67. The summed E-state index contributed by atoms with van der Waals surface area (Å²) in [5.74, 6) is -0.172. The Morgan fingerprint density at radius 3 is 2.68 bits per heavy atom. The molecule has 0 saturated carbocycles. The Morgan fingerprint density at radius 1 is 1.12 bits per heavy atom. The van der Waals surface area contributed by atoms with Gasteiger partial charge in [0.2, 0.25) is 0 Å². The molecule has 3 aromatic rings. The molecule has 0 radical (unpaired) electrons. The zero-order valence-electron chi connectivity index (χ0n) is 14.0. The van der Waals surface area contributed by atoms with Gasteiger partial charge < -0.3 is 4.90 Å². The van der Waals surface area contributed by atoms with Crippen LogP contribution in [0.4, 0.5) is 0 Å². The zero-order valence-corrected chi connectivity index (χ0v) is 14.0. The summed E-state index contributed by atoms with van der Waals surface area (Å²) in [4.78, 5) is 26.8. The standard InChI is InChI=1S/C20H19N3O2/c1-23(17-12-6-8-13-7-2-3-9-14(13)17)20(25)18-15-10-4-5-11-16(15)19(24)22-21-18/h2-5,7,9-11,17H,6,8,12H2,1H3,(H,22,24)/t17-/m0/s1. The number of amides is 1. The van der Waals surface area contributed by atoms with Gasteiger partial charge >= 0.3 is 0 Å². The van der Waals surface area contributed by atoms with Gasteiger partial charge in [0.25, 0.3) is 11.5 Å². The molecule has 25 heavy (non-hydrogen) atoms. The van der Waals surface area contributed by atoms with Crippen LogP contribution < -0.4 is 5.56 Å². The molecule has 5 heteroatoms. The number of aromatic amines is 1. The number of nitrogens with zero attached hydrogens (tertiary/aromatic N) is 2. The Kier molecular flexibility index (Phi) is 3.84. The summed E-state index contributed by atoms with van der Waals surface area (Å²) in [7, 11) is 1.82. The Bertz CT molecular complexity index is 1010. The number of hydrogen-bond acceptors (Lipinski definition) is 3. The first-order valence-electron chi connectivity index (χ1n) is 8.49. The van der Waals surface area contributed by atoms with Crippen molar-refractivity contribution in [3.63, 3.8) is 0 Å². The second-order valence-electron chi connectivity index (χ2n) is 6.47. The molecule has 1 amide bonds. The van der Waals surface area contributed by atoms with Gasteiger partial charge in [0, 0.05) is 12.4 Å². The quantitative estimate of drug-likeness (QED) is 0.784. The molecule has 1 atom stereocenters. The maximum absolute atomic E-state index is 13.1.